The van der Waals surface area contributed by atoms with Gasteiger partial charge >= 0.3 is 0 Å². The maximum atomic E-state index is 12.2. The Hall–Kier alpha value is -0.180. The molecule has 1 nitrogen and oxygen atoms in total. The Kier molecular flexibility index (Phi) is 0.966. The Balaban J connectivity index is 2.32. The lowest BCUT2D eigenvalue weighted by Crippen LogP contribution is -2.50. The fourth-order valence-electron chi connectivity index (χ4n) is 0.579. The van der Waals surface area contributed by atoms with Crippen molar-refractivity contribution in [2.24, 2.45) is 5.92 Å². The predicted octanol–water partition coefficient (Wildman–Crippen LogP) is 0.861. The highest BCUT2D eigenvalue weighted by Gasteiger charge is 2.37. The number of halogens is 2. The zero-order valence-electron chi connectivity index (χ0n) is 5.69. The highest BCUT2D eigenvalue weighted by Crippen LogP contribution is 2.25. The molecule has 0 aromatic heterocycles. The topological polar surface area (TPSA) is 12.0 Å². The summed E-state index contributed by atoms with van der Waals surface area (Å²) in [5, 5.41) is 1.14. The molecule has 1 N–H and O–H groups in total. The minimum absolute atomic E-state index is 0.212. The molecule has 1 heterocycles. The van der Waals surface area contributed by atoms with E-state index in [2.05, 4.69) is 0 Å². The third kappa shape index (κ3) is 0.968. The van der Waals surface area contributed by atoms with Crippen molar-refractivity contribution < 1.29 is 10.2 Å². The van der Waals surface area contributed by atoms with Gasteiger partial charge in [0.25, 0.3) is 5.92 Å². The lowest BCUT2D eigenvalue weighted by Gasteiger charge is -2.31. The van der Waals surface area contributed by atoms with E-state index >= 15 is 0 Å². The first-order valence-corrected chi connectivity index (χ1v) is 2.62. The lowest BCUT2D eigenvalue weighted by atomic mass is 9.97. The highest BCUT2D eigenvalue weighted by atomic mass is 19.3. The normalized spacial score (nSPS) is 27.1. The van der Waals surface area contributed by atoms with Gasteiger partial charge in [-0.3, -0.25) is 0 Å². The van der Waals surface area contributed by atoms with Crippen molar-refractivity contribution >= 4 is 0 Å². The molecule has 0 atom stereocenters. The number of rotatable bonds is 1. The Labute approximate surface area is 48.5 Å². The second kappa shape index (κ2) is 1.65. The molecule has 48 valence electrons. The van der Waals surface area contributed by atoms with E-state index in [9.17, 15) is 8.78 Å². The maximum absolute atomic E-state index is 12.2. The Morgan fingerprint density at radius 1 is 1.75 bits per heavy atom. The van der Waals surface area contributed by atoms with Crippen molar-refractivity contribution in [1.82, 2.24) is 5.31 Å². The third-order valence-electron chi connectivity index (χ3n) is 1.42. The zero-order valence-corrected chi connectivity index (χ0v) is 4.69. The molecule has 1 rings (SSSR count). The van der Waals surface area contributed by atoms with E-state index in [1.165, 1.54) is 0 Å². The van der Waals surface area contributed by atoms with Gasteiger partial charge in [0.2, 0.25) is 0 Å². The molecule has 0 bridgehead atoms. The number of alkyl halides is 2. The summed E-state index contributed by atoms with van der Waals surface area (Å²) in [6, 6.07) is 0. The van der Waals surface area contributed by atoms with Crippen LogP contribution >= 0.6 is 0 Å². The van der Waals surface area contributed by atoms with E-state index in [0.29, 0.717) is 0 Å². The minimum atomic E-state index is -2.59. The smallest absolute Gasteiger partial charge is 0.250 e. The minimum Gasteiger partial charge on any atom is -0.316 e. The first-order chi connectivity index (χ1) is 4.00. The highest BCUT2D eigenvalue weighted by molar-refractivity contribution is 4.83. The summed E-state index contributed by atoms with van der Waals surface area (Å²) in [7, 11) is 0. The molecule has 0 radical (unpaired) electrons. The molecule has 8 heavy (non-hydrogen) atoms. The Morgan fingerprint density at radius 3 is 2.38 bits per heavy atom. The van der Waals surface area contributed by atoms with Crippen LogP contribution < -0.4 is 5.31 Å². The SMILES string of the molecule is [2H]N1CC(C(C)(F)F)C1. The molecule has 0 aliphatic carbocycles. The summed E-state index contributed by atoms with van der Waals surface area (Å²) >= 11 is 0. The van der Waals surface area contributed by atoms with Gasteiger partial charge in [-0.1, -0.05) is 0 Å². The first kappa shape index (κ1) is 4.68. The van der Waals surface area contributed by atoms with Crippen LogP contribution in [-0.4, -0.2) is 19.0 Å². The predicted molar refractivity (Wildman–Crippen MR) is 27.0 cm³/mol. The first-order valence-electron chi connectivity index (χ1n) is 3.06. The second-order valence-electron chi connectivity index (χ2n) is 2.24. The van der Waals surface area contributed by atoms with Gasteiger partial charge in [0, 0.05) is 19.0 Å². The molecule has 0 amide bonds. The monoisotopic (exact) mass is 122 g/mol. The van der Waals surface area contributed by atoms with Crippen molar-refractivity contribution in [3.8, 4) is 0 Å². The van der Waals surface area contributed by atoms with Gasteiger partial charge in [0.05, 0.1) is 0 Å². The average molecular weight is 122 g/mol. The van der Waals surface area contributed by atoms with Gasteiger partial charge in [-0.25, -0.2) is 8.78 Å². The van der Waals surface area contributed by atoms with Crippen LogP contribution in [0, 0.1) is 5.92 Å². The molecule has 0 saturated carbocycles. The molecule has 1 aliphatic rings. The van der Waals surface area contributed by atoms with Crippen LogP contribution in [0.25, 0.3) is 0 Å². The van der Waals surface area contributed by atoms with Crippen LogP contribution in [0.2, 0.25) is 1.41 Å². The zero-order chi connectivity index (χ0) is 7.07. The molecular weight excluding hydrogens is 112 g/mol. The van der Waals surface area contributed by atoms with Gasteiger partial charge in [-0.15, -0.1) is 0 Å². The molecule has 1 saturated heterocycles. The summed E-state index contributed by atoms with van der Waals surface area (Å²) in [6.45, 7) is 1.33. The molecule has 0 spiro atoms. The summed E-state index contributed by atoms with van der Waals surface area (Å²) in [6.07, 6.45) is 0. The van der Waals surface area contributed by atoms with E-state index in [0.717, 1.165) is 12.2 Å². The molecular formula is C5H9F2N. The largest absolute Gasteiger partial charge is 0.316 e. The van der Waals surface area contributed by atoms with Crippen LogP contribution in [0.4, 0.5) is 8.78 Å². The van der Waals surface area contributed by atoms with Gasteiger partial charge in [-0.05, 0) is 6.92 Å². The molecule has 0 unspecified atom stereocenters. The van der Waals surface area contributed by atoms with E-state index in [1.807, 2.05) is 0 Å². The van der Waals surface area contributed by atoms with Gasteiger partial charge in [0.15, 0.2) is 0 Å². The van der Waals surface area contributed by atoms with Crippen LogP contribution in [0.3, 0.4) is 0 Å². The van der Waals surface area contributed by atoms with Crippen molar-refractivity contribution in [3.05, 3.63) is 0 Å². The van der Waals surface area contributed by atoms with E-state index < -0.39 is 11.8 Å². The van der Waals surface area contributed by atoms with E-state index in [1.54, 1.807) is 0 Å². The van der Waals surface area contributed by atoms with Crippen molar-refractivity contribution in [1.29, 1.82) is 0 Å². The van der Waals surface area contributed by atoms with Crippen LogP contribution in [0.5, 0.6) is 0 Å². The van der Waals surface area contributed by atoms with Crippen LogP contribution in [-0.2, 0) is 0 Å². The van der Waals surface area contributed by atoms with Gasteiger partial charge in [0.1, 0.15) is 1.41 Å². The lowest BCUT2D eigenvalue weighted by molar-refractivity contribution is -0.0587. The van der Waals surface area contributed by atoms with E-state index in [4.69, 9.17) is 1.41 Å². The molecule has 1 aliphatic heterocycles. The van der Waals surface area contributed by atoms with Crippen LogP contribution in [0.1, 0.15) is 6.92 Å². The van der Waals surface area contributed by atoms with Crippen molar-refractivity contribution in [3.63, 3.8) is 0 Å². The Bertz CT molecular complexity index is 106. The average Bonchev–Trinajstić information content (AvgIpc) is 1.55. The summed E-state index contributed by atoms with van der Waals surface area (Å²) < 4.78 is 31.3. The van der Waals surface area contributed by atoms with Crippen molar-refractivity contribution in [2.75, 3.05) is 13.1 Å². The van der Waals surface area contributed by atoms with E-state index in [-0.39, 0.29) is 13.1 Å². The van der Waals surface area contributed by atoms with Gasteiger partial charge in [-0.2, -0.15) is 0 Å². The van der Waals surface area contributed by atoms with Gasteiger partial charge < -0.3 is 5.31 Å². The summed E-state index contributed by atoms with van der Waals surface area (Å²) in [5.74, 6) is -3.17. The second-order valence-corrected chi connectivity index (χ2v) is 2.24. The molecule has 3 heteroatoms. The summed E-state index contributed by atoms with van der Waals surface area (Å²) in [4.78, 5) is 0. The van der Waals surface area contributed by atoms with Crippen LogP contribution in [0.15, 0.2) is 0 Å². The number of hydrogen-bond acceptors (Lipinski definition) is 1. The molecule has 0 aromatic rings. The fraction of sp³-hybridized carbons (Fsp3) is 1.00. The maximum Gasteiger partial charge on any atom is 0.250 e. The number of hydrogen-bond donors (Lipinski definition) is 1. The fourth-order valence-corrected chi connectivity index (χ4v) is 0.579. The Morgan fingerprint density at radius 2 is 2.25 bits per heavy atom. The number of nitrogens with one attached hydrogen (secondary N) is 1. The quantitative estimate of drug-likeness (QED) is 0.544. The molecule has 0 aromatic carbocycles. The third-order valence-corrected chi connectivity index (χ3v) is 1.42. The summed E-state index contributed by atoms with van der Waals surface area (Å²) in [5.41, 5.74) is 0. The van der Waals surface area contributed by atoms with Crippen molar-refractivity contribution in [2.45, 2.75) is 12.8 Å². The standard InChI is InChI=1S/C5H9F2N/c1-5(6,7)4-2-8-3-4/h4,8H,2-3H2,1H3/i/hD. The molecule has 1 fully saturated rings.